The second-order valence-corrected chi connectivity index (χ2v) is 6.19. The Hall–Kier alpha value is -0.120. The van der Waals surface area contributed by atoms with Crippen molar-refractivity contribution in [2.24, 2.45) is 0 Å². The number of hydrogen-bond acceptors (Lipinski definition) is 3. The second kappa shape index (κ2) is 6.88. The van der Waals surface area contributed by atoms with Crippen LogP contribution >= 0.6 is 22.9 Å². The minimum Gasteiger partial charge on any atom is -0.291 e. The Balaban J connectivity index is 2.15. The summed E-state index contributed by atoms with van der Waals surface area (Å²) in [6.45, 7) is 5.81. The molecule has 2 atom stereocenters. The lowest BCUT2D eigenvalue weighted by molar-refractivity contribution is 0.0885. The zero-order chi connectivity index (χ0) is 13.0. The van der Waals surface area contributed by atoms with Crippen molar-refractivity contribution in [3.8, 4) is 0 Å². The van der Waals surface area contributed by atoms with Gasteiger partial charge >= 0.3 is 0 Å². The van der Waals surface area contributed by atoms with Crippen LogP contribution in [0.25, 0.3) is 0 Å². The topological polar surface area (TPSA) is 16.1 Å². The number of likely N-dealkylation sites (tertiary alicyclic amines) is 1. The molecule has 2 rings (SSSR count). The number of rotatable bonds is 5. The van der Waals surface area contributed by atoms with Crippen LogP contribution in [-0.2, 0) is 5.88 Å². The maximum atomic E-state index is 5.86. The third-order valence-electron chi connectivity index (χ3n) is 3.92. The second-order valence-electron chi connectivity index (χ2n) is 5.03. The summed E-state index contributed by atoms with van der Waals surface area (Å²) in [6, 6.07) is 1.24. The molecule has 102 valence electrons. The molecule has 0 aliphatic carbocycles. The minimum absolute atomic E-state index is 0.497. The van der Waals surface area contributed by atoms with Gasteiger partial charge in [-0.15, -0.1) is 22.9 Å². The quantitative estimate of drug-likeness (QED) is 0.736. The van der Waals surface area contributed by atoms with Gasteiger partial charge in [0.15, 0.2) is 0 Å². The fourth-order valence-corrected chi connectivity index (χ4v) is 4.21. The first-order valence-corrected chi connectivity index (χ1v) is 8.47. The molecule has 0 saturated carbocycles. The van der Waals surface area contributed by atoms with Crippen molar-refractivity contribution in [1.29, 1.82) is 0 Å². The summed E-state index contributed by atoms with van der Waals surface area (Å²) in [7, 11) is 0. The van der Waals surface area contributed by atoms with Crippen molar-refractivity contribution in [3.63, 3.8) is 0 Å². The van der Waals surface area contributed by atoms with Crippen LogP contribution < -0.4 is 0 Å². The Labute approximate surface area is 119 Å². The van der Waals surface area contributed by atoms with Crippen LogP contribution in [0.3, 0.4) is 0 Å². The van der Waals surface area contributed by atoms with Gasteiger partial charge in [0.1, 0.15) is 5.01 Å². The summed E-state index contributed by atoms with van der Waals surface area (Å²) in [5.74, 6) is 0.532. The first-order valence-electron chi connectivity index (χ1n) is 7.06. The van der Waals surface area contributed by atoms with Crippen LogP contribution in [0.2, 0.25) is 0 Å². The maximum absolute atomic E-state index is 5.86. The molecule has 2 nitrogen and oxygen atoms in total. The van der Waals surface area contributed by atoms with Gasteiger partial charge in [-0.25, -0.2) is 4.98 Å². The fourth-order valence-electron chi connectivity index (χ4n) is 2.96. The van der Waals surface area contributed by atoms with Gasteiger partial charge in [0.05, 0.1) is 17.6 Å². The standard InChI is InChI=1S/C14H23ClN2S/c1-3-12-7-5-6-8-17(12)13(4-2)14-16-11(9-15)10-18-14/h10,12-13H,3-9H2,1-2H3. The molecule has 1 aromatic heterocycles. The summed E-state index contributed by atoms with van der Waals surface area (Å²) in [4.78, 5) is 7.37. The van der Waals surface area contributed by atoms with Crippen LogP contribution in [0.4, 0.5) is 0 Å². The Bertz CT molecular complexity index is 366. The van der Waals surface area contributed by atoms with E-state index < -0.39 is 0 Å². The molecule has 0 radical (unpaired) electrons. The molecule has 1 aliphatic rings. The van der Waals surface area contributed by atoms with Gasteiger partial charge in [0.25, 0.3) is 0 Å². The average Bonchev–Trinajstić information content (AvgIpc) is 2.89. The zero-order valence-corrected chi connectivity index (χ0v) is 12.9. The largest absolute Gasteiger partial charge is 0.291 e. The average molecular weight is 287 g/mol. The van der Waals surface area contributed by atoms with Crippen LogP contribution in [0, 0.1) is 0 Å². The highest BCUT2D eigenvalue weighted by Gasteiger charge is 2.29. The number of alkyl halides is 1. The van der Waals surface area contributed by atoms with Gasteiger partial charge in [-0.05, 0) is 32.2 Å². The van der Waals surface area contributed by atoms with E-state index in [1.54, 1.807) is 11.3 Å². The van der Waals surface area contributed by atoms with Crippen molar-refractivity contribution >= 4 is 22.9 Å². The van der Waals surface area contributed by atoms with Gasteiger partial charge in [0, 0.05) is 11.4 Å². The van der Waals surface area contributed by atoms with Crippen molar-refractivity contribution in [2.75, 3.05) is 6.54 Å². The summed E-state index contributed by atoms with van der Waals surface area (Å²) >= 11 is 7.64. The molecule has 1 fully saturated rings. The Morgan fingerprint density at radius 1 is 1.50 bits per heavy atom. The smallest absolute Gasteiger partial charge is 0.110 e. The van der Waals surface area contributed by atoms with E-state index in [9.17, 15) is 0 Å². The van der Waals surface area contributed by atoms with Crippen LogP contribution in [0.15, 0.2) is 5.38 Å². The molecule has 0 aromatic carbocycles. The minimum atomic E-state index is 0.497. The van der Waals surface area contributed by atoms with E-state index >= 15 is 0 Å². The van der Waals surface area contributed by atoms with Gasteiger partial charge < -0.3 is 0 Å². The highest BCUT2D eigenvalue weighted by Crippen LogP contribution is 2.33. The summed E-state index contributed by atoms with van der Waals surface area (Å²) < 4.78 is 0. The molecule has 2 unspecified atom stereocenters. The lowest BCUT2D eigenvalue weighted by Gasteiger charge is -2.40. The first kappa shape index (κ1) is 14.3. The third kappa shape index (κ3) is 3.06. The van der Waals surface area contributed by atoms with Crippen molar-refractivity contribution < 1.29 is 0 Å². The predicted octanol–water partition coefficient (Wildman–Crippen LogP) is 4.60. The van der Waals surface area contributed by atoms with E-state index in [0.29, 0.717) is 11.9 Å². The molecule has 0 amide bonds. The predicted molar refractivity (Wildman–Crippen MR) is 79.3 cm³/mol. The Kier molecular flexibility index (Phi) is 5.46. The molecule has 1 aliphatic heterocycles. The molecular formula is C14H23ClN2S. The molecule has 0 spiro atoms. The van der Waals surface area contributed by atoms with Gasteiger partial charge in [0.2, 0.25) is 0 Å². The SMILES string of the molecule is CCC1CCCCN1C(CC)c1nc(CCl)cs1. The van der Waals surface area contributed by atoms with Gasteiger partial charge in [-0.1, -0.05) is 20.3 Å². The van der Waals surface area contributed by atoms with Crippen molar-refractivity contribution in [1.82, 2.24) is 9.88 Å². The number of aromatic nitrogens is 1. The highest BCUT2D eigenvalue weighted by atomic mass is 35.5. The normalized spacial score (nSPS) is 23.2. The molecule has 0 N–H and O–H groups in total. The highest BCUT2D eigenvalue weighted by molar-refractivity contribution is 7.09. The van der Waals surface area contributed by atoms with Gasteiger partial charge in [-0.2, -0.15) is 0 Å². The van der Waals surface area contributed by atoms with Crippen LogP contribution in [0.5, 0.6) is 0 Å². The Morgan fingerprint density at radius 2 is 2.33 bits per heavy atom. The zero-order valence-electron chi connectivity index (χ0n) is 11.4. The number of piperidine rings is 1. The monoisotopic (exact) mass is 286 g/mol. The van der Waals surface area contributed by atoms with Gasteiger partial charge in [-0.3, -0.25) is 4.90 Å². The number of hydrogen-bond donors (Lipinski definition) is 0. The van der Waals surface area contributed by atoms with E-state index in [1.807, 2.05) is 0 Å². The molecule has 4 heteroatoms. The van der Waals surface area contributed by atoms with Crippen molar-refractivity contribution in [2.45, 2.75) is 63.9 Å². The molecule has 18 heavy (non-hydrogen) atoms. The van der Waals surface area contributed by atoms with Crippen LogP contribution in [0.1, 0.15) is 62.7 Å². The number of nitrogens with zero attached hydrogens (tertiary/aromatic N) is 2. The third-order valence-corrected chi connectivity index (χ3v) is 5.19. The van der Waals surface area contributed by atoms with E-state index in [1.165, 1.54) is 37.2 Å². The maximum Gasteiger partial charge on any atom is 0.110 e. The van der Waals surface area contributed by atoms with Crippen molar-refractivity contribution in [3.05, 3.63) is 16.1 Å². The Morgan fingerprint density at radius 3 is 2.94 bits per heavy atom. The van der Waals surface area contributed by atoms with E-state index in [2.05, 4.69) is 29.1 Å². The van der Waals surface area contributed by atoms with E-state index in [-0.39, 0.29) is 0 Å². The summed E-state index contributed by atoms with van der Waals surface area (Å²) in [5, 5.41) is 3.36. The summed E-state index contributed by atoms with van der Waals surface area (Å²) in [5.41, 5.74) is 1.03. The number of halogens is 1. The summed E-state index contributed by atoms with van der Waals surface area (Å²) in [6.07, 6.45) is 6.47. The molecule has 1 saturated heterocycles. The molecular weight excluding hydrogens is 264 g/mol. The lowest BCUT2D eigenvalue weighted by atomic mass is 9.97. The number of thiazole rings is 1. The first-order chi connectivity index (χ1) is 8.80. The van der Waals surface area contributed by atoms with Crippen LogP contribution in [-0.4, -0.2) is 22.5 Å². The molecule has 2 heterocycles. The van der Waals surface area contributed by atoms with E-state index in [4.69, 9.17) is 11.6 Å². The lowest BCUT2D eigenvalue weighted by Crippen LogP contribution is -2.41. The van der Waals surface area contributed by atoms with E-state index in [0.717, 1.165) is 18.2 Å². The molecule has 1 aromatic rings. The fraction of sp³-hybridized carbons (Fsp3) is 0.786. The molecule has 0 bridgehead atoms.